The molecule has 0 spiro atoms. The summed E-state index contributed by atoms with van der Waals surface area (Å²) >= 11 is 0. The van der Waals surface area contributed by atoms with Crippen molar-refractivity contribution in [1.29, 1.82) is 0 Å². The number of benzene rings is 3. The van der Waals surface area contributed by atoms with Crippen LogP contribution in [0.15, 0.2) is 96.6 Å². The van der Waals surface area contributed by atoms with E-state index in [1.807, 2.05) is 0 Å². The third-order valence-electron chi connectivity index (χ3n) is 8.62. The molecule has 1 radical (unpaired) electrons. The summed E-state index contributed by atoms with van der Waals surface area (Å²) < 4.78 is 0. The predicted octanol–water partition coefficient (Wildman–Crippen LogP) is 6.52. The Balaban J connectivity index is 2.10. The quantitative estimate of drug-likeness (QED) is 0.204. The molecule has 0 amide bonds. The minimum atomic E-state index is -1.57. The number of hydrogen-bond acceptors (Lipinski definition) is 3. The monoisotopic (exact) mass is 508 g/mol. The summed E-state index contributed by atoms with van der Waals surface area (Å²) in [5.41, 5.74) is 27.8. The lowest BCUT2D eigenvalue weighted by Crippen LogP contribution is -2.38. The highest BCUT2D eigenvalue weighted by atomic mass is 28.3. The van der Waals surface area contributed by atoms with Gasteiger partial charge in [-0.3, -0.25) is 0 Å². The fourth-order valence-electron chi connectivity index (χ4n) is 6.16. The summed E-state index contributed by atoms with van der Waals surface area (Å²) in [5.74, 6) is 0. The summed E-state index contributed by atoms with van der Waals surface area (Å²) in [7, 11) is -1.57. The van der Waals surface area contributed by atoms with Crippen molar-refractivity contribution in [2.24, 2.45) is 17.2 Å². The first kappa shape index (κ1) is 27.3. The molecule has 37 heavy (non-hydrogen) atoms. The second kappa shape index (κ2) is 11.7. The summed E-state index contributed by atoms with van der Waals surface area (Å²) in [6.07, 6.45) is 7.30. The van der Waals surface area contributed by atoms with Gasteiger partial charge in [-0.25, -0.2) is 0 Å². The lowest BCUT2D eigenvalue weighted by atomic mass is 9.64. The van der Waals surface area contributed by atoms with Gasteiger partial charge in [-0.15, -0.1) is 0 Å². The average molecular weight is 509 g/mol. The van der Waals surface area contributed by atoms with E-state index in [-0.39, 0.29) is 0 Å². The zero-order chi connectivity index (χ0) is 26.5. The van der Waals surface area contributed by atoms with E-state index in [9.17, 15) is 0 Å². The van der Waals surface area contributed by atoms with E-state index in [0.29, 0.717) is 19.6 Å². The molecule has 0 atom stereocenters. The highest BCUT2D eigenvalue weighted by Gasteiger charge is 2.44. The minimum absolute atomic E-state index is 0.499. The molecule has 0 aliphatic heterocycles. The lowest BCUT2D eigenvalue weighted by Gasteiger charge is -2.38. The Bertz CT molecular complexity index is 1150. The molecule has 4 rings (SSSR count). The topological polar surface area (TPSA) is 78.1 Å². The molecule has 3 aromatic carbocycles. The Kier molecular flexibility index (Phi) is 8.66. The van der Waals surface area contributed by atoms with E-state index in [2.05, 4.69) is 112 Å². The molecule has 1 aliphatic carbocycles. The first-order chi connectivity index (χ1) is 18.0. The molecule has 1 aliphatic rings. The van der Waals surface area contributed by atoms with Crippen molar-refractivity contribution in [1.82, 2.24) is 0 Å². The molecule has 0 heterocycles. The third kappa shape index (κ3) is 4.91. The van der Waals surface area contributed by atoms with E-state index < -0.39 is 13.5 Å². The van der Waals surface area contributed by atoms with Gasteiger partial charge in [0.2, 0.25) is 0 Å². The number of rotatable bonds is 11. The summed E-state index contributed by atoms with van der Waals surface area (Å²) in [4.78, 5) is 0. The highest BCUT2D eigenvalue weighted by Crippen LogP contribution is 2.50. The molecule has 0 saturated carbocycles. The maximum absolute atomic E-state index is 6.16. The fraction of sp³-hybridized carbons (Fsp3) is 0.303. The van der Waals surface area contributed by atoms with Crippen molar-refractivity contribution in [2.75, 3.05) is 0 Å². The molecule has 0 saturated heterocycles. The van der Waals surface area contributed by atoms with Crippen molar-refractivity contribution in [3.63, 3.8) is 0 Å². The Morgan fingerprint density at radius 2 is 1.00 bits per heavy atom. The van der Waals surface area contributed by atoms with Gasteiger partial charge < -0.3 is 17.2 Å². The fourth-order valence-corrected chi connectivity index (χ4v) is 9.79. The molecule has 0 unspecified atom stereocenters. The first-order valence-corrected chi connectivity index (χ1v) is 16.3. The molecule has 0 bridgehead atoms. The second-order valence-corrected chi connectivity index (χ2v) is 15.5. The van der Waals surface area contributed by atoms with Gasteiger partial charge in [0.05, 0.1) is 13.5 Å². The van der Waals surface area contributed by atoms with Gasteiger partial charge in [-0.2, -0.15) is 0 Å². The second-order valence-electron chi connectivity index (χ2n) is 10.2. The zero-order valence-electron chi connectivity index (χ0n) is 22.6. The first-order valence-electron chi connectivity index (χ1n) is 13.7. The SMILES string of the molecule is CC[Si](CC)(CC)[C]1C=CC(C(c2cccc(CN)c2)(c2cccc(CN)c2)c2cccc(CN)c2)=C1. The summed E-state index contributed by atoms with van der Waals surface area (Å²) in [5, 5.41) is 0. The third-order valence-corrected chi connectivity index (χ3v) is 14.2. The Labute approximate surface area is 224 Å². The van der Waals surface area contributed by atoms with Crippen LogP contribution in [0.4, 0.5) is 0 Å². The van der Waals surface area contributed by atoms with Crippen molar-refractivity contribution in [3.05, 3.63) is 136 Å². The standard InChI is InChI=1S/C33H42N3Si/c1-4-37(5-2,6-3)32-17-16-31(21-32)33(28-13-7-10-25(18-28)22-34,29-14-8-11-26(19-29)23-35)30-15-9-12-27(20-30)24-36/h7-21H,4-6,22-24,34-36H2,1-3H3. The Morgan fingerprint density at radius 1 is 0.595 bits per heavy atom. The van der Waals surface area contributed by atoms with Gasteiger partial charge in [0, 0.05) is 25.2 Å². The van der Waals surface area contributed by atoms with Crippen molar-refractivity contribution >= 4 is 8.07 Å². The molecule has 6 N–H and O–H groups in total. The summed E-state index contributed by atoms with van der Waals surface area (Å²) in [6.45, 7) is 8.62. The summed E-state index contributed by atoms with van der Waals surface area (Å²) in [6, 6.07) is 30.1. The molecule has 0 fully saturated rings. The Morgan fingerprint density at radius 3 is 1.35 bits per heavy atom. The number of hydrogen-bond donors (Lipinski definition) is 3. The molecular weight excluding hydrogens is 466 g/mol. The number of nitrogens with two attached hydrogens (primary N) is 3. The van der Waals surface area contributed by atoms with Crippen LogP contribution in [-0.4, -0.2) is 8.07 Å². The van der Waals surface area contributed by atoms with Crippen LogP contribution in [-0.2, 0) is 25.0 Å². The zero-order valence-corrected chi connectivity index (χ0v) is 23.6. The van der Waals surface area contributed by atoms with E-state index in [1.165, 1.54) is 40.4 Å². The molecule has 193 valence electrons. The van der Waals surface area contributed by atoms with Gasteiger partial charge in [0.25, 0.3) is 0 Å². The minimum Gasteiger partial charge on any atom is -0.326 e. The van der Waals surface area contributed by atoms with Crippen LogP contribution < -0.4 is 17.2 Å². The highest BCUT2D eigenvalue weighted by molar-refractivity contribution is 6.86. The molecule has 4 heteroatoms. The molecule has 0 aromatic heterocycles. The van der Waals surface area contributed by atoms with Gasteiger partial charge >= 0.3 is 0 Å². The van der Waals surface area contributed by atoms with E-state index in [1.54, 1.807) is 5.54 Å². The van der Waals surface area contributed by atoms with Crippen molar-refractivity contribution in [2.45, 2.75) is 64.0 Å². The van der Waals surface area contributed by atoms with Crippen LogP contribution in [0.3, 0.4) is 0 Å². The van der Waals surface area contributed by atoms with Crippen LogP contribution in [0.5, 0.6) is 0 Å². The van der Waals surface area contributed by atoms with Crippen LogP contribution in [0.2, 0.25) is 18.1 Å². The maximum atomic E-state index is 6.16. The lowest BCUT2D eigenvalue weighted by molar-refractivity contribution is 0.738. The predicted molar refractivity (Wildman–Crippen MR) is 161 cm³/mol. The van der Waals surface area contributed by atoms with Crippen LogP contribution in [0.1, 0.15) is 54.2 Å². The van der Waals surface area contributed by atoms with E-state index in [4.69, 9.17) is 17.2 Å². The Hall–Kier alpha value is -2.76. The average Bonchev–Trinajstić information content (AvgIpc) is 3.46. The van der Waals surface area contributed by atoms with Crippen molar-refractivity contribution < 1.29 is 0 Å². The van der Waals surface area contributed by atoms with Gasteiger partial charge in [0.1, 0.15) is 0 Å². The van der Waals surface area contributed by atoms with Crippen LogP contribution in [0.25, 0.3) is 0 Å². The molecule has 3 aromatic rings. The van der Waals surface area contributed by atoms with Crippen LogP contribution >= 0.6 is 0 Å². The van der Waals surface area contributed by atoms with Crippen LogP contribution in [0, 0.1) is 5.54 Å². The van der Waals surface area contributed by atoms with E-state index >= 15 is 0 Å². The van der Waals surface area contributed by atoms with Gasteiger partial charge in [-0.05, 0) is 39.0 Å². The van der Waals surface area contributed by atoms with E-state index in [0.717, 1.165) is 16.7 Å². The smallest absolute Gasteiger partial charge is 0.0698 e. The molecular formula is C33H42N3Si. The normalized spacial score (nSPS) is 14.3. The maximum Gasteiger partial charge on any atom is 0.0698 e. The van der Waals surface area contributed by atoms with Gasteiger partial charge in [-0.1, -0.05) is 130 Å². The van der Waals surface area contributed by atoms with Gasteiger partial charge in [0.15, 0.2) is 0 Å². The molecule has 3 nitrogen and oxygen atoms in total. The van der Waals surface area contributed by atoms with Crippen molar-refractivity contribution in [3.8, 4) is 0 Å². The largest absolute Gasteiger partial charge is 0.326 e. The number of allylic oxidation sites excluding steroid dienone is 4.